The van der Waals surface area contributed by atoms with Crippen molar-refractivity contribution in [1.29, 1.82) is 0 Å². The van der Waals surface area contributed by atoms with Crippen LogP contribution in [0.25, 0.3) is 4.96 Å². The van der Waals surface area contributed by atoms with E-state index >= 15 is 0 Å². The van der Waals surface area contributed by atoms with Crippen LogP contribution in [-0.2, 0) is 0 Å². The Morgan fingerprint density at radius 3 is 3.20 bits per heavy atom. The summed E-state index contributed by atoms with van der Waals surface area (Å²) in [6.45, 7) is 1.98. The smallest absolute Gasteiger partial charge is 0.213 e. The summed E-state index contributed by atoms with van der Waals surface area (Å²) >= 11 is 3.82. The number of hydrogen-bond acceptors (Lipinski definition) is 3. The molecule has 0 aromatic carbocycles. The minimum Gasteiger partial charge on any atom is -0.225 e. The molecule has 0 aliphatic carbocycles. The molecular weight excluding hydrogens is 261 g/mol. The Bertz CT molecular complexity index is 364. The first-order valence-electron chi connectivity index (χ1n) is 2.74. The molecule has 0 saturated heterocycles. The van der Waals surface area contributed by atoms with Gasteiger partial charge in [-0.25, -0.2) is 4.98 Å². The van der Waals surface area contributed by atoms with Crippen LogP contribution in [0.2, 0.25) is 0 Å². The van der Waals surface area contributed by atoms with Gasteiger partial charge in [0.05, 0.1) is 6.20 Å². The fraction of sp³-hybridized carbons (Fsp3) is 0.200. The van der Waals surface area contributed by atoms with E-state index in [0.717, 1.165) is 13.7 Å². The van der Waals surface area contributed by atoms with Gasteiger partial charge in [0.2, 0.25) is 4.96 Å². The van der Waals surface area contributed by atoms with Crippen LogP contribution in [0.3, 0.4) is 0 Å². The molecule has 10 heavy (non-hydrogen) atoms. The predicted molar refractivity (Wildman–Crippen MR) is 48.3 cm³/mol. The van der Waals surface area contributed by atoms with E-state index in [-0.39, 0.29) is 0 Å². The second-order valence-corrected chi connectivity index (χ2v) is 4.16. The maximum atomic E-state index is 4.24. The molecule has 0 saturated carbocycles. The van der Waals surface area contributed by atoms with Crippen molar-refractivity contribution in [3.05, 3.63) is 14.9 Å². The maximum absolute atomic E-state index is 4.24. The van der Waals surface area contributed by atoms with Gasteiger partial charge >= 0.3 is 0 Å². The van der Waals surface area contributed by atoms with Gasteiger partial charge in [0.1, 0.15) is 8.71 Å². The normalized spacial score (nSPS) is 11.0. The third kappa shape index (κ3) is 0.842. The van der Waals surface area contributed by atoms with E-state index in [4.69, 9.17) is 0 Å². The minimum absolute atomic E-state index is 0.974. The number of hydrogen-bond donors (Lipinski definition) is 0. The molecule has 0 aliphatic rings. The summed E-state index contributed by atoms with van der Waals surface area (Å²) < 4.78 is 2.91. The van der Waals surface area contributed by atoms with Crippen molar-refractivity contribution in [3.63, 3.8) is 0 Å². The highest BCUT2D eigenvalue weighted by Crippen LogP contribution is 2.14. The number of rotatable bonds is 0. The average Bonchev–Trinajstić information content (AvgIpc) is 2.35. The summed E-state index contributed by atoms with van der Waals surface area (Å²) in [4.78, 5) is 5.12. The molecule has 0 spiro atoms. The highest BCUT2D eigenvalue weighted by molar-refractivity contribution is 14.1. The fourth-order valence-electron chi connectivity index (χ4n) is 0.763. The Labute approximate surface area is 75.2 Å². The zero-order valence-corrected chi connectivity index (χ0v) is 8.18. The highest BCUT2D eigenvalue weighted by Gasteiger charge is 2.03. The van der Waals surface area contributed by atoms with Gasteiger partial charge < -0.3 is 0 Å². The van der Waals surface area contributed by atoms with Crippen LogP contribution in [0.15, 0.2) is 6.20 Å². The third-order valence-electron chi connectivity index (χ3n) is 1.14. The van der Waals surface area contributed by atoms with Gasteiger partial charge in [-0.2, -0.15) is 9.61 Å². The summed E-state index contributed by atoms with van der Waals surface area (Å²) in [5, 5.41) is 5.29. The number of fused-ring (bicyclic) bond motifs is 1. The van der Waals surface area contributed by atoms with E-state index in [1.165, 1.54) is 0 Å². The number of aromatic nitrogens is 3. The zero-order valence-electron chi connectivity index (χ0n) is 5.21. The van der Waals surface area contributed by atoms with Gasteiger partial charge in [-0.15, -0.1) is 0 Å². The second-order valence-electron chi connectivity index (χ2n) is 1.90. The molecule has 2 heterocycles. The van der Waals surface area contributed by atoms with Crippen LogP contribution in [0.4, 0.5) is 0 Å². The van der Waals surface area contributed by atoms with Gasteiger partial charge in [-0.1, -0.05) is 11.3 Å². The number of imidazole rings is 1. The predicted octanol–water partition coefficient (Wildman–Crippen LogP) is 1.70. The van der Waals surface area contributed by atoms with Crippen LogP contribution in [0, 0.1) is 10.6 Å². The molecule has 2 rings (SSSR count). The fourth-order valence-corrected chi connectivity index (χ4v) is 2.12. The van der Waals surface area contributed by atoms with Gasteiger partial charge in [0.15, 0.2) is 0 Å². The minimum atomic E-state index is 0.974. The van der Waals surface area contributed by atoms with Crippen molar-refractivity contribution in [1.82, 2.24) is 14.6 Å². The van der Waals surface area contributed by atoms with Crippen molar-refractivity contribution in [2.75, 3.05) is 0 Å². The van der Waals surface area contributed by atoms with E-state index in [9.17, 15) is 0 Å². The zero-order chi connectivity index (χ0) is 7.14. The molecule has 52 valence electrons. The lowest BCUT2D eigenvalue weighted by molar-refractivity contribution is 0.923. The summed E-state index contributed by atoms with van der Waals surface area (Å²) in [6, 6.07) is 0. The van der Waals surface area contributed by atoms with Crippen molar-refractivity contribution < 1.29 is 0 Å². The van der Waals surface area contributed by atoms with E-state index < -0.39 is 0 Å². The molecule has 0 bridgehead atoms. The Morgan fingerprint density at radius 1 is 1.70 bits per heavy atom. The van der Waals surface area contributed by atoms with Crippen molar-refractivity contribution >= 4 is 38.9 Å². The summed E-state index contributed by atoms with van der Waals surface area (Å²) in [6.07, 6.45) is 1.82. The molecule has 2 aromatic rings. The van der Waals surface area contributed by atoms with Crippen LogP contribution < -0.4 is 0 Å². The first-order chi connectivity index (χ1) is 4.77. The van der Waals surface area contributed by atoms with Crippen molar-refractivity contribution in [3.8, 4) is 0 Å². The maximum Gasteiger partial charge on any atom is 0.213 e. The third-order valence-corrected chi connectivity index (χ3v) is 2.72. The number of aryl methyl sites for hydroxylation is 1. The standard InChI is InChI=1S/C5H4IN3S/c1-3-8-9-4(6)2-7-5(9)10-3/h2H,1H3. The summed E-state index contributed by atoms with van der Waals surface area (Å²) in [5.41, 5.74) is 0. The van der Waals surface area contributed by atoms with Crippen LogP contribution in [0.5, 0.6) is 0 Å². The Morgan fingerprint density at radius 2 is 2.50 bits per heavy atom. The second kappa shape index (κ2) is 2.16. The first kappa shape index (κ1) is 6.53. The molecule has 0 aliphatic heterocycles. The number of nitrogens with zero attached hydrogens (tertiary/aromatic N) is 3. The molecule has 0 amide bonds. The molecule has 0 radical (unpaired) electrons. The van der Waals surface area contributed by atoms with E-state index in [1.807, 2.05) is 17.6 Å². The van der Waals surface area contributed by atoms with Gasteiger partial charge in [-0.05, 0) is 29.5 Å². The topological polar surface area (TPSA) is 30.2 Å². The van der Waals surface area contributed by atoms with E-state index in [0.29, 0.717) is 0 Å². The molecule has 5 heteroatoms. The van der Waals surface area contributed by atoms with E-state index in [2.05, 4.69) is 32.7 Å². The Hall–Kier alpha value is -0.170. The largest absolute Gasteiger partial charge is 0.225 e. The van der Waals surface area contributed by atoms with Crippen LogP contribution in [-0.4, -0.2) is 14.6 Å². The first-order valence-corrected chi connectivity index (χ1v) is 4.63. The van der Waals surface area contributed by atoms with Crippen molar-refractivity contribution in [2.24, 2.45) is 0 Å². The monoisotopic (exact) mass is 265 g/mol. The molecule has 0 unspecified atom stereocenters. The summed E-state index contributed by atoms with van der Waals surface area (Å²) in [5.74, 6) is 0. The van der Waals surface area contributed by atoms with Gasteiger partial charge in [-0.3, -0.25) is 0 Å². The molecule has 3 nitrogen and oxygen atoms in total. The lowest BCUT2D eigenvalue weighted by Gasteiger charge is -1.79. The average molecular weight is 265 g/mol. The molecule has 0 atom stereocenters. The van der Waals surface area contributed by atoms with E-state index in [1.54, 1.807) is 11.3 Å². The SMILES string of the molecule is Cc1nn2c(I)cnc2s1. The summed E-state index contributed by atoms with van der Waals surface area (Å²) in [7, 11) is 0. The number of halogens is 1. The molecular formula is C5H4IN3S. The highest BCUT2D eigenvalue weighted by atomic mass is 127. The molecule has 2 aromatic heterocycles. The molecule has 0 fully saturated rings. The Balaban J connectivity index is 2.90. The lowest BCUT2D eigenvalue weighted by atomic mass is 10.9. The van der Waals surface area contributed by atoms with Crippen LogP contribution in [0.1, 0.15) is 5.01 Å². The van der Waals surface area contributed by atoms with Gasteiger partial charge in [0, 0.05) is 0 Å². The molecule has 0 N–H and O–H groups in total. The van der Waals surface area contributed by atoms with Gasteiger partial charge in [0.25, 0.3) is 0 Å². The quantitative estimate of drug-likeness (QED) is 0.679. The Kier molecular flexibility index (Phi) is 1.41. The lowest BCUT2D eigenvalue weighted by Crippen LogP contribution is -1.85. The van der Waals surface area contributed by atoms with Crippen LogP contribution >= 0.6 is 33.9 Å². The van der Waals surface area contributed by atoms with Crippen molar-refractivity contribution in [2.45, 2.75) is 6.92 Å².